The van der Waals surface area contributed by atoms with Crippen LogP contribution in [0.2, 0.25) is 0 Å². The van der Waals surface area contributed by atoms with Crippen LogP contribution in [0.15, 0.2) is 34.3 Å². The summed E-state index contributed by atoms with van der Waals surface area (Å²) >= 11 is 32.6. The van der Waals surface area contributed by atoms with E-state index >= 15 is 0 Å². The molecule has 0 spiro atoms. The lowest BCUT2D eigenvalue weighted by Crippen LogP contribution is -2.50. The minimum Gasteiger partial charge on any atom is -0.358 e. The summed E-state index contributed by atoms with van der Waals surface area (Å²) in [4.78, 5) is 7.80. The minimum absolute atomic E-state index is 0.0575. The molecule has 0 aromatic heterocycles. The van der Waals surface area contributed by atoms with Gasteiger partial charge in [0.1, 0.15) is 9.75 Å². The molecule has 124 valence electrons. The third kappa shape index (κ3) is 1.97. The van der Waals surface area contributed by atoms with Crippen LogP contribution in [0.25, 0.3) is 0 Å². The Morgan fingerprint density at radius 2 is 1.91 bits per heavy atom. The first-order chi connectivity index (χ1) is 10.6. The molecule has 1 aromatic carbocycles. The molecular formula is C14H10Cl5NO3. The van der Waals surface area contributed by atoms with Crippen LogP contribution in [0.1, 0.15) is 17.9 Å². The molecule has 3 rings (SSSR count). The fourth-order valence-corrected chi connectivity index (χ4v) is 5.87. The van der Waals surface area contributed by atoms with E-state index in [9.17, 15) is 10.1 Å². The van der Waals surface area contributed by atoms with Gasteiger partial charge in [-0.3, -0.25) is 10.1 Å². The average Bonchev–Trinajstić information content (AvgIpc) is 2.79. The Kier molecular flexibility index (Phi) is 4.12. The maximum absolute atomic E-state index is 11.0. The second-order valence-electron chi connectivity index (χ2n) is 5.55. The van der Waals surface area contributed by atoms with Crippen molar-refractivity contribution in [2.75, 3.05) is 7.11 Å². The second-order valence-corrected chi connectivity index (χ2v) is 8.08. The van der Waals surface area contributed by atoms with Gasteiger partial charge < -0.3 is 4.74 Å². The Morgan fingerprint density at radius 3 is 2.43 bits per heavy atom. The summed E-state index contributed by atoms with van der Waals surface area (Å²) in [6, 6.07) is 6.11. The Hall–Kier alpha value is -0.230. The van der Waals surface area contributed by atoms with Gasteiger partial charge in [-0.1, -0.05) is 46.9 Å². The molecule has 0 aliphatic heterocycles. The van der Waals surface area contributed by atoms with Crippen molar-refractivity contribution in [3.63, 3.8) is 0 Å². The highest BCUT2D eigenvalue weighted by molar-refractivity contribution is 6.56. The zero-order chi connectivity index (χ0) is 17.2. The maximum atomic E-state index is 11.0. The van der Waals surface area contributed by atoms with Crippen LogP contribution < -0.4 is 0 Å². The lowest BCUT2D eigenvalue weighted by molar-refractivity contribution is -0.384. The first-order valence-corrected chi connectivity index (χ1v) is 8.45. The molecule has 2 aliphatic rings. The number of methoxy groups -OCH3 is 1. The lowest BCUT2D eigenvalue weighted by atomic mass is 9.85. The zero-order valence-electron chi connectivity index (χ0n) is 11.7. The van der Waals surface area contributed by atoms with Crippen molar-refractivity contribution in [2.24, 2.45) is 0 Å². The highest BCUT2D eigenvalue weighted by Gasteiger charge is 2.79. The van der Waals surface area contributed by atoms with Crippen molar-refractivity contribution >= 4 is 63.7 Å². The number of nitro groups is 1. The van der Waals surface area contributed by atoms with Crippen LogP contribution in [-0.4, -0.2) is 26.8 Å². The number of alkyl halides is 3. The molecule has 2 aliphatic carbocycles. The van der Waals surface area contributed by atoms with Gasteiger partial charge in [-0.2, -0.15) is 0 Å². The molecule has 9 heteroatoms. The summed E-state index contributed by atoms with van der Waals surface area (Å²) in [5.74, 6) is -0.492. The number of non-ortho nitro benzene ring substituents is 1. The van der Waals surface area contributed by atoms with E-state index in [1.54, 1.807) is 12.1 Å². The summed E-state index contributed by atoms with van der Waals surface area (Å²) in [6.45, 7) is 0. The van der Waals surface area contributed by atoms with Crippen molar-refractivity contribution in [3.8, 4) is 0 Å². The highest BCUT2D eigenvalue weighted by Crippen LogP contribution is 2.75. The first kappa shape index (κ1) is 17.6. The van der Waals surface area contributed by atoms with Crippen molar-refractivity contribution in [2.45, 2.75) is 27.1 Å². The monoisotopic (exact) mass is 415 g/mol. The third-order valence-electron chi connectivity index (χ3n) is 4.57. The van der Waals surface area contributed by atoms with E-state index in [-0.39, 0.29) is 22.2 Å². The number of benzene rings is 1. The summed E-state index contributed by atoms with van der Waals surface area (Å²) < 4.78 is 5.42. The van der Waals surface area contributed by atoms with Gasteiger partial charge in [0.2, 0.25) is 0 Å². The lowest BCUT2D eigenvalue weighted by Gasteiger charge is -2.37. The number of halogens is 5. The Labute approximate surface area is 157 Å². The van der Waals surface area contributed by atoms with Gasteiger partial charge in [-0.15, -0.1) is 23.2 Å². The quantitative estimate of drug-likeness (QED) is 0.380. The molecule has 2 bridgehead atoms. The van der Waals surface area contributed by atoms with Gasteiger partial charge >= 0.3 is 0 Å². The van der Waals surface area contributed by atoms with E-state index in [2.05, 4.69) is 0 Å². The smallest absolute Gasteiger partial charge is 0.269 e. The molecule has 1 fully saturated rings. The molecule has 4 atom stereocenters. The second kappa shape index (κ2) is 5.38. The number of hydrogen-bond donors (Lipinski definition) is 0. The normalized spacial score (nSPS) is 39.1. The van der Waals surface area contributed by atoms with Crippen molar-refractivity contribution in [1.82, 2.24) is 0 Å². The van der Waals surface area contributed by atoms with E-state index in [1.165, 1.54) is 19.2 Å². The van der Waals surface area contributed by atoms with Crippen LogP contribution in [0.5, 0.6) is 0 Å². The molecule has 0 amide bonds. The van der Waals surface area contributed by atoms with E-state index in [0.717, 1.165) is 0 Å². The van der Waals surface area contributed by atoms with Gasteiger partial charge in [0.05, 0.1) is 15.0 Å². The summed E-state index contributed by atoms with van der Waals surface area (Å²) in [5.41, 5.74) is 0.541. The van der Waals surface area contributed by atoms with Gasteiger partial charge in [0, 0.05) is 25.2 Å². The SMILES string of the molecule is CO[C@]1(Cl)[C@@]2(Cl)C[C@H](c3cccc([N+](=O)[O-])c3)[C@]1(Cl)C(Cl)=C2Cl. The summed E-state index contributed by atoms with van der Waals surface area (Å²) in [6.07, 6.45) is 0.242. The Balaban J connectivity index is 2.18. The third-order valence-corrected chi connectivity index (χ3v) is 8.15. The molecule has 0 radical (unpaired) electrons. The van der Waals surface area contributed by atoms with Crippen molar-refractivity contribution < 1.29 is 9.66 Å². The molecule has 0 heterocycles. The number of rotatable bonds is 3. The predicted octanol–water partition coefficient (Wildman–Crippen LogP) is 5.32. The van der Waals surface area contributed by atoms with Gasteiger partial charge in [0.25, 0.3) is 5.69 Å². The number of nitro benzene ring substituents is 1. The largest absolute Gasteiger partial charge is 0.358 e. The van der Waals surface area contributed by atoms with Crippen LogP contribution >= 0.6 is 58.0 Å². The van der Waals surface area contributed by atoms with Crippen LogP contribution in [0.4, 0.5) is 5.69 Å². The maximum Gasteiger partial charge on any atom is 0.269 e. The fourth-order valence-electron chi connectivity index (χ4n) is 3.44. The van der Waals surface area contributed by atoms with E-state index < -0.39 is 25.6 Å². The molecule has 1 aromatic rings. The van der Waals surface area contributed by atoms with Crippen LogP contribution in [0.3, 0.4) is 0 Å². The molecule has 1 saturated carbocycles. The summed E-state index contributed by atoms with van der Waals surface area (Å²) in [5, 5.41) is 9.70. The first-order valence-electron chi connectivity index (χ1n) is 6.56. The van der Waals surface area contributed by atoms with Gasteiger partial charge in [-0.05, 0) is 12.0 Å². The predicted molar refractivity (Wildman–Crippen MR) is 91.9 cm³/mol. The van der Waals surface area contributed by atoms with Crippen molar-refractivity contribution in [1.29, 1.82) is 0 Å². The van der Waals surface area contributed by atoms with Gasteiger partial charge in [-0.25, -0.2) is 0 Å². The van der Waals surface area contributed by atoms with E-state index in [4.69, 9.17) is 62.7 Å². The Morgan fingerprint density at radius 1 is 1.26 bits per heavy atom. The number of ether oxygens (including phenoxy) is 1. The standard InChI is InChI=1S/C14H10Cl5NO3/c1-23-14(19)12(17)6-9(13(14,18)11(16)10(12)15)7-3-2-4-8(5-7)20(21)22/h2-5,9H,6H2,1H3/t9-,12-,13+,14-/m1/s1. The van der Waals surface area contributed by atoms with E-state index in [0.29, 0.717) is 5.56 Å². The molecule has 23 heavy (non-hydrogen) atoms. The fraction of sp³-hybridized carbons (Fsp3) is 0.429. The topological polar surface area (TPSA) is 52.4 Å². The molecule has 0 unspecified atom stereocenters. The van der Waals surface area contributed by atoms with Crippen LogP contribution in [0, 0.1) is 10.1 Å². The highest BCUT2D eigenvalue weighted by atomic mass is 35.5. The molecule has 0 N–H and O–H groups in total. The molecular weight excluding hydrogens is 407 g/mol. The number of hydrogen-bond acceptors (Lipinski definition) is 3. The number of nitrogens with zero attached hydrogens (tertiary/aromatic N) is 1. The van der Waals surface area contributed by atoms with E-state index in [1.807, 2.05) is 0 Å². The Bertz CT molecular complexity index is 741. The number of fused-ring (bicyclic) bond motifs is 2. The molecule has 0 saturated heterocycles. The van der Waals surface area contributed by atoms with Gasteiger partial charge in [0.15, 0.2) is 5.06 Å². The van der Waals surface area contributed by atoms with Crippen LogP contribution in [-0.2, 0) is 4.74 Å². The summed E-state index contributed by atoms with van der Waals surface area (Å²) in [7, 11) is 1.37. The van der Waals surface area contributed by atoms with Crippen molar-refractivity contribution in [3.05, 3.63) is 50.0 Å². The zero-order valence-corrected chi connectivity index (χ0v) is 15.4. The molecule has 4 nitrogen and oxygen atoms in total. The minimum atomic E-state index is -1.56. The average molecular weight is 418 g/mol.